The molecule has 0 spiro atoms. The molecule has 1 rings (SSSR count). The van der Waals surface area contributed by atoms with Gasteiger partial charge in [0.2, 0.25) is 10.0 Å². The molecule has 0 N–H and O–H groups in total. The fourth-order valence-electron chi connectivity index (χ4n) is 1.92. The van der Waals surface area contributed by atoms with Crippen LogP contribution in [-0.4, -0.2) is 55.1 Å². The maximum absolute atomic E-state index is 12.2. The maximum Gasteiger partial charge on any atom is 0.305 e. The van der Waals surface area contributed by atoms with Crippen molar-refractivity contribution in [2.24, 2.45) is 0 Å². The Morgan fingerprint density at radius 3 is 2.72 bits per heavy atom. The van der Waals surface area contributed by atoms with E-state index in [0.29, 0.717) is 18.2 Å². The molecule has 0 saturated carbocycles. The van der Waals surface area contributed by atoms with Crippen LogP contribution >= 0.6 is 11.8 Å². The van der Waals surface area contributed by atoms with Crippen LogP contribution in [0.4, 0.5) is 0 Å². The zero-order valence-corrected chi connectivity index (χ0v) is 12.7. The summed E-state index contributed by atoms with van der Waals surface area (Å²) in [5.74, 6) is 0.492. The second-order valence-electron chi connectivity index (χ2n) is 4.42. The summed E-state index contributed by atoms with van der Waals surface area (Å²) in [4.78, 5) is 11.0. The van der Waals surface area contributed by atoms with Gasteiger partial charge in [-0.25, -0.2) is 8.42 Å². The molecule has 1 heterocycles. The normalized spacial score (nSPS) is 25.9. The molecule has 1 saturated heterocycles. The van der Waals surface area contributed by atoms with Gasteiger partial charge in [0, 0.05) is 30.0 Å². The maximum atomic E-state index is 12.2. The van der Waals surface area contributed by atoms with Crippen LogP contribution in [0.15, 0.2) is 0 Å². The van der Waals surface area contributed by atoms with Crippen LogP contribution in [0.2, 0.25) is 0 Å². The molecule has 0 aromatic rings. The number of ether oxygens (including phenoxy) is 1. The zero-order valence-electron chi connectivity index (χ0n) is 11.1. The fourth-order valence-corrected chi connectivity index (χ4v) is 5.01. The molecule has 0 aliphatic carbocycles. The van der Waals surface area contributed by atoms with Crippen LogP contribution in [0.25, 0.3) is 0 Å². The largest absolute Gasteiger partial charge is 0.469 e. The van der Waals surface area contributed by atoms with Crippen molar-refractivity contribution in [1.29, 1.82) is 0 Å². The third-order valence-corrected chi connectivity index (χ3v) is 6.57. The standard InChI is InChI=1S/C11H21NO4S2/c1-9-10(2)17-7-6-12(9)18(14,15)8-4-5-11(13)16-3/h9-10H,4-8H2,1-3H3/t9-,10-/m0/s1. The number of nitrogens with zero attached hydrogens (tertiary/aromatic N) is 1. The molecule has 0 bridgehead atoms. The summed E-state index contributed by atoms with van der Waals surface area (Å²) in [6, 6.07) is 0.0203. The summed E-state index contributed by atoms with van der Waals surface area (Å²) in [7, 11) is -1.95. The lowest BCUT2D eigenvalue weighted by atomic mass is 10.2. The zero-order chi connectivity index (χ0) is 13.8. The molecule has 106 valence electrons. The number of carbonyl (C=O) groups is 1. The Bertz CT molecular complexity index is 383. The van der Waals surface area contributed by atoms with E-state index in [2.05, 4.69) is 4.74 Å². The fraction of sp³-hybridized carbons (Fsp3) is 0.909. The number of sulfonamides is 1. The van der Waals surface area contributed by atoms with E-state index in [1.165, 1.54) is 7.11 Å². The predicted octanol–water partition coefficient (Wildman–Crippen LogP) is 1.10. The minimum Gasteiger partial charge on any atom is -0.469 e. The van der Waals surface area contributed by atoms with Gasteiger partial charge in [-0.3, -0.25) is 4.79 Å². The molecule has 0 radical (unpaired) electrons. The third kappa shape index (κ3) is 4.13. The molecule has 1 aliphatic heterocycles. The van der Waals surface area contributed by atoms with E-state index >= 15 is 0 Å². The van der Waals surface area contributed by atoms with Gasteiger partial charge in [-0.2, -0.15) is 16.1 Å². The first-order chi connectivity index (χ1) is 8.38. The van der Waals surface area contributed by atoms with Crippen LogP contribution < -0.4 is 0 Å². The number of hydrogen-bond donors (Lipinski definition) is 0. The SMILES string of the molecule is COC(=O)CCCS(=O)(=O)N1CCS[C@@H](C)[C@@H]1C. The van der Waals surface area contributed by atoms with Crippen LogP contribution in [-0.2, 0) is 19.6 Å². The van der Waals surface area contributed by atoms with Gasteiger partial charge in [-0.15, -0.1) is 0 Å². The van der Waals surface area contributed by atoms with E-state index in [0.717, 1.165) is 5.75 Å². The van der Waals surface area contributed by atoms with Crippen molar-refractivity contribution in [1.82, 2.24) is 4.31 Å². The van der Waals surface area contributed by atoms with E-state index in [1.807, 2.05) is 13.8 Å². The highest BCUT2D eigenvalue weighted by atomic mass is 32.2. The Hall–Kier alpha value is -0.270. The molecular weight excluding hydrogens is 274 g/mol. The highest BCUT2D eigenvalue weighted by Crippen LogP contribution is 2.26. The summed E-state index contributed by atoms with van der Waals surface area (Å²) >= 11 is 1.80. The van der Waals surface area contributed by atoms with Gasteiger partial charge in [0.1, 0.15) is 0 Å². The van der Waals surface area contributed by atoms with Gasteiger partial charge in [-0.05, 0) is 13.3 Å². The molecule has 2 atom stereocenters. The monoisotopic (exact) mass is 295 g/mol. The van der Waals surface area contributed by atoms with E-state index in [9.17, 15) is 13.2 Å². The van der Waals surface area contributed by atoms with Crippen LogP contribution in [0.5, 0.6) is 0 Å². The van der Waals surface area contributed by atoms with Crippen molar-refractivity contribution in [2.75, 3.05) is 25.2 Å². The lowest BCUT2D eigenvalue weighted by molar-refractivity contribution is -0.140. The van der Waals surface area contributed by atoms with Gasteiger partial charge in [0.15, 0.2) is 0 Å². The van der Waals surface area contributed by atoms with Gasteiger partial charge in [0.05, 0.1) is 12.9 Å². The quantitative estimate of drug-likeness (QED) is 0.711. The minimum atomic E-state index is -3.26. The van der Waals surface area contributed by atoms with E-state index < -0.39 is 10.0 Å². The number of hydrogen-bond acceptors (Lipinski definition) is 5. The summed E-state index contributed by atoms with van der Waals surface area (Å²) in [6.45, 7) is 4.55. The summed E-state index contributed by atoms with van der Waals surface area (Å²) < 4.78 is 30.4. The van der Waals surface area contributed by atoms with Crippen molar-refractivity contribution < 1.29 is 17.9 Å². The Morgan fingerprint density at radius 1 is 1.44 bits per heavy atom. The average Bonchev–Trinajstić information content (AvgIpc) is 2.32. The first-order valence-electron chi connectivity index (χ1n) is 6.06. The topological polar surface area (TPSA) is 63.7 Å². The Kier molecular flexibility index (Phi) is 5.94. The number of thioether (sulfide) groups is 1. The van der Waals surface area contributed by atoms with Crippen LogP contribution in [0.1, 0.15) is 26.7 Å². The molecule has 0 aromatic carbocycles. The Labute approximate surface area is 113 Å². The van der Waals surface area contributed by atoms with Gasteiger partial charge < -0.3 is 4.74 Å². The van der Waals surface area contributed by atoms with Crippen LogP contribution in [0, 0.1) is 0 Å². The van der Waals surface area contributed by atoms with Crippen molar-refractivity contribution in [3.8, 4) is 0 Å². The molecule has 7 heteroatoms. The van der Waals surface area contributed by atoms with Crippen LogP contribution in [0.3, 0.4) is 0 Å². The molecule has 0 aromatic heterocycles. The van der Waals surface area contributed by atoms with Gasteiger partial charge in [-0.1, -0.05) is 6.92 Å². The predicted molar refractivity (Wildman–Crippen MR) is 73.1 cm³/mol. The average molecular weight is 295 g/mol. The number of esters is 1. The lowest BCUT2D eigenvalue weighted by Gasteiger charge is -2.36. The Morgan fingerprint density at radius 2 is 2.11 bits per heavy atom. The third-order valence-electron chi connectivity index (χ3n) is 3.19. The molecular formula is C11H21NO4S2. The molecule has 0 amide bonds. The summed E-state index contributed by atoms with van der Waals surface area (Å²) in [5, 5.41) is 0.314. The van der Waals surface area contributed by atoms with E-state index in [-0.39, 0.29) is 24.2 Å². The summed E-state index contributed by atoms with van der Waals surface area (Å²) in [6.07, 6.45) is 0.474. The smallest absolute Gasteiger partial charge is 0.305 e. The number of methoxy groups -OCH3 is 1. The van der Waals surface area contributed by atoms with E-state index in [1.54, 1.807) is 16.1 Å². The second-order valence-corrected chi connectivity index (χ2v) is 7.95. The Balaban J connectivity index is 2.54. The lowest BCUT2D eigenvalue weighted by Crippen LogP contribution is -2.48. The molecule has 0 unspecified atom stereocenters. The summed E-state index contributed by atoms with van der Waals surface area (Å²) in [5.41, 5.74) is 0. The highest BCUT2D eigenvalue weighted by Gasteiger charge is 2.33. The molecule has 18 heavy (non-hydrogen) atoms. The molecule has 5 nitrogen and oxygen atoms in total. The van der Waals surface area contributed by atoms with Gasteiger partial charge in [0.25, 0.3) is 0 Å². The highest BCUT2D eigenvalue weighted by molar-refractivity contribution is 8.00. The molecule has 1 aliphatic rings. The number of carbonyl (C=O) groups excluding carboxylic acids is 1. The van der Waals surface area contributed by atoms with Crippen molar-refractivity contribution >= 4 is 27.8 Å². The minimum absolute atomic E-state index is 0.0177. The first kappa shape index (κ1) is 15.8. The molecule has 1 fully saturated rings. The van der Waals surface area contributed by atoms with Crippen molar-refractivity contribution in [2.45, 2.75) is 38.0 Å². The number of rotatable bonds is 5. The van der Waals surface area contributed by atoms with E-state index in [4.69, 9.17) is 0 Å². The van der Waals surface area contributed by atoms with Crippen molar-refractivity contribution in [3.63, 3.8) is 0 Å². The van der Waals surface area contributed by atoms with Crippen molar-refractivity contribution in [3.05, 3.63) is 0 Å². The van der Waals surface area contributed by atoms with Gasteiger partial charge >= 0.3 is 5.97 Å². The first-order valence-corrected chi connectivity index (χ1v) is 8.72. The second kappa shape index (κ2) is 6.77.